The third-order valence-corrected chi connectivity index (χ3v) is 2.25. The van der Waals surface area contributed by atoms with Crippen molar-refractivity contribution < 1.29 is 19.1 Å². The predicted molar refractivity (Wildman–Crippen MR) is 53.9 cm³/mol. The standard InChI is InChI=1S/C8H8N2O4S/c1-4(11)9-8-10-7(13)5(15-8)3-6(12)14-2/h3H,1-2H3,(H,9,10,11,13)/b5-3-. The number of nitrogens with zero attached hydrogens (tertiary/aromatic N) is 1. The Balaban J connectivity index is 2.71. The Hall–Kier alpha value is -1.63. The molecule has 2 amide bonds. The van der Waals surface area contributed by atoms with Crippen LogP contribution < -0.4 is 5.32 Å². The third kappa shape index (κ3) is 3.21. The van der Waals surface area contributed by atoms with Crippen LogP contribution in [0, 0.1) is 0 Å². The molecular formula is C8H8N2O4S. The van der Waals surface area contributed by atoms with Crippen LogP contribution >= 0.6 is 11.8 Å². The van der Waals surface area contributed by atoms with Crippen LogP contribution in [0.25, 0.3) is 0 Å². The van der Waals surface area contributed by atoms with Crippen LogP contribution in [0.4, 0.5) is 0 Å². The van der Waals surface area contributed by atoms with Crippen LogP contribution in [-0.2, 0) is 19.1 Å². The zero-order valence-corrected chi connectivity index (χ0v) is 8.88. The number of methoxy groups -OCH3 is 1. The van der Waals surface area contributed by atoms with E-state index in [9.17, 15) is 14.4 Å². The largest absolute Gasteiger partial charge is 0.466 e. The van der Waals surface area contributed by atoms with Gasteiger partial charge in [-0.15, -0.1) is 0 Å². The van der Waals surface area contributed by atoms with E-state index in [0.717, 1.165) is 17.8 Å². The maximum absolute atomic E-state index is 11.2. The number of nitrogens with one attached hydrogen (secondary N) is 1. The first-order chi connectivity index (χ1) is 7.02. The van der Waals surface area contributed by atoms with Gasteiger partial charge in [-0.1, -0.05) is 0 Å². The smallest absolute Gasteiger partial charge is 0.331 e. The van der Waals surface area contributed by atoms with Gasteiger partial charge in [0.15, 0.2) is 5.17 Å². The number of carbonyl (C=O) groups excluding carboxylic acids is 3. The third-order valence-electron chi connectivity index (χ3n) is 1.35. The molecule has 0 fully saturated rings. The van der Waals surface area contributed by atoms with Crippen LogP contribution in [0.3, 0.4) is 0 Å². The lowest BCUT2D eigenvalue weighted by Crippen LogP contribution is -2.24. The molecule has 15 heavy (non-hydrogen) atoms. The molecule has 0 aliphatic carbocycles. The van der Waals surface area contributed by atoms with Crippen LogP contribution in [0.15, 0.2) is 16.0 Å². The monoisotopic (exact) mass is 228 g/mol. The fourth-order valence-electron chi connectivity index (χ4n) is 0.779. The number of aliphatic imine (C=N–C) groups is 1. The van der Waals surface area contributed by atoms with Gasteiger partial charge in [-0.05, 0) is 11.8 Å². The highest BCUT2D eigenvalue weighted by molar-refractivity contribution is 8.18. The Morgan fingerprint density at radius 2 is 2.20 bits per heavy atom. The minimum absolute atomic E-state index is 0.130. The molecule has 1 aliphatic heterocycles. The van der Waals surface area contributed by atoms with E-state index in [0.29, 0.717) is 0 Å². The van der Waals surface area contributed by atoms with Crippen molar-refractivity contribution in [1.29, 1.82) is 0 Å². The van der Waals surface area contributed by atoms with Crippen LogP contribution in [0.5, 0.6) is 0 Å². The minimum atomic E-state index is -0.634. The Labute approximate surface area is 89.8 Å². The first kappa shape index (κ1) is 11.4. The number of ether oxygens (including phenoxy) is 1. The van der Waals surface area contributed by atoms with Gasteiger partial charge in [0.1, 0.15) is 0 Å². The molecule has 0 spiro atoms. The van der Waals surface area contributed by atoms with Crippen molar-refractivity contribution in [2.45, 2.75) is 6.92 Å². The number of esters is 1. The second-order valence-electron chi connectivity index (χ2n) is 2.54. The molecule has 80 valence electrons. The molecule has 0 aromatic rings. The van der Waals surface area contributed by atoms with Gasteiger partial charge in [0.05, 0.1) is 12.0 Å². The van der Waals surface area contributed by atoms with Crippen LogP contribution in [0.1, 0.15) is 6.92 Å². The minimum Gasteiger partial charge on any atom is -0.466 e. The molecule has 0 bridgehead atoms. The molecule has 1 heterocycles. The van der Waals surface area contributed by atoms with Gasteiger partial charge < -0.3 is 10.1 Å². The number of rotatable bonds is 1. The molecule has 0 radical (unpaired) electrons. The molecule has 1 N–H and O–H groups in total. The van der Waals surface area contributed by atoms with Crippen molar-refractivity contribution in [2.24, 2.45) is 4.99 Å². The lowest BCUT2D eigenvalue weighted by Gasteiger charge is -1.97. The average Bonchev–Trinajstić information content (AvgIpc) is 2.45. The van der Waals surface area contributed by atoms with Gasteiger partial charge in [-0.25, -0.2) is 4.79 Å². The van der Waals surface area contributed by atoms with Crippen molar-refractivity contribution in [3.63, 3.8) is 0 Å². The highest BCUT2D eigenvalue weighted by Gasteiger charge is 2.23. The lowest BCUT2D eigenvalue weighted by molar-refractivity contribution is -0.135. The van der Waals surface area contributed by atoms with Gasteiger partial charge in [-0.3, -0.25) is 9.59 Å². The Morgan fingerprint density at radius 1 is 1.53 bits per heavy atom. The molecule has 6 nitrogen and oxygen atoms in total. The summed E-state index contributed by atoms with van der Waals surface area (Å²) in [6, 6.07) is 0. The molecule has 1 rings (SSSR count). The van der Waals surface area contributed by atoms with Gasteiger partial charge in [0, 0.05) is 13.0 Å². The summed E-state index contributed by atoms with van der Waals surface area (Å²) in [5.74, 6) is -1.52. The summed E-state index contributed by atoms with van der Waals surface area (Å²) < 4.78 is 4.36. The van der Waals surface area contributed by atoms with Crippen LogP contribution in [-0.4, -0.2) is 30.1 Å². The Kier molecular flexibility index (Phi) is 3.62. The molecular weight excluding hydrogens is 220 g/mol. The van der Waals surface area contributed by atoms with Gasteiger partial charge in [-0.2, -0.15) is 4.99 Å². The zero-order valence-electron chi connectivity index (χ0n) is 8.07. The summed E-state index contributed by atoms with van der Waals surface area (Å²) in [4.78, 5) is 36.3. The SMILES string of the molecule is COC(=O)/C=C1\SC(NC(C)=O)=NC1=O. The normalized spacial score (nSPS) is 17.6. The van der Waals surface area contributed by atoms with E-state index in [1.807, 2.05) is 0 Å². The summed E-state index contributed by atoms with van der Waals surface area (Å²) in [5, 5.41) is 2.52. The summed E-state index contributed by atoms with van der Waals surface area (Å²) in [5.41, 5.74) is 0. The summed E-state index contributed by atoms with van der Waals surface area (Å²) in [7, 11) is 1.21. The van der Waals surface area contributed by atoms with E-state index < -0.39 is 11.9 Å². The summed E-state index contributed by atoms with van der Waals surface area (Å²) in [6.45, 7) is 1.30. The molecule has 0 unspecified atom stereocenters. The topological polar surface area (TPSA) is 84.8 Å². The number of thioether (sulfide) groups is 1. The predicted octanol–water partition coefficient (Wildman–Crippen LogP) is -0.191. The van der Waals surface area contributed by atoms with E-state index in [2.05, 4.69) is 15.0 Å². The van der Waals surface area contributed by atoms with Crippen LogP contribution in [0.2, 0.25) is 0 Å². The van der Waals surface area contributed by atoms with Crippen molar-refractivity contribution in [3.8, 4) is 0 Å². The van der Waals surface area contributed by atoms with Gasteiger partial charge in [0.2, 0.25) is 5.91 Å². The highest BCUT2D eigenvalue weighted by atomic mass is 32.2. The van der Waals surface area contributed by atoms with Crippen molar-refractivity contribution in [1.82, 2.24) is 5.32 Å². The van der Waals surface area contributed by atoms with E-state index in [4.69, 9.17) is 0 Å². The number of carbonyl (C=O) groups is 3. The Bertz CT molecular complexity index is 386. The van der Waals surface area contributed by atoms with Crippen molar-refractivity contribution in [2.75, 3.05) is 7.11 Å². The van der Waals surface area contributed by atoms with Crippen molar-refractivity contribution >= 4 is 34.7 Å². The summed E-state index contributed by atoms with van der Waals surface area (Å²) in [6.07, 6.45) is 1.03. The molecule has 7 heteroatoms. The molecule has 1 aliphatic rings. The van der Waals surface area contributed by atoms with Crippen molar-refractivity contribution in [3.05, 3.63) is 11.0 Å². The van der Waals surface area contributed by atoms with E-state index in [-0.39, 0.29) is 16.0 Å². The van der Waals surface area contributed by atoms with E-state index in [1.54, 1.807) is 0 Å². The number of amides is 2. The number of amidine groups is 1. The van der Waals surface area contributed by atoms with Gasteiger partial charge in [0.25, 0.3) is 5.91 Å². The Morgan fingerprint density at radius 3 is 2.73 bits per heavy atom. The summed E-state index contributed by atoms with van der Waals surface area (Å²) >= 11 is 0.920. The van der Waals surface area contributed by atoms with E-state index >= 15 is 0 Å². The number of hydrogen-bond donors (Lipinski definition) is 1. The molecule has 0 aromatic heterocycles. The lowest BCUT2D eigenvalue weighted by atomic mass is 10.5. The first-order valence-electron chi connectivity index (χ1n) is 3.91. The molecule has 0 saturated carbocycles. The quantitative estimate of drug-likeness (QED) is 0.496. The number of hydrogen-bond acceptors (Lipinski definition) is 5. The average molecular weight is 228 g/mol. The van der Waals surface area contributed by atoms with E-state index in [1.165, 1.54) is 14.0 Å². The molecule has 0 saturated heterocycles. The highest BCUT2D eigenvalue weighted by Crippen LogP contribution is 2.24. The fraction of sp³-hybridized carbons (Fsp3) is 0.250. The van der Waals surface area contributed by atoms with Gasteiger partial charge >= 0.3 is 5.97 Å². The fourth-order valence-corrected chi connectivity index (χ4v) is 1.60. The molecule has 0 aromatic carbocycles. The molecule has 0 atom stereocenters. The second-order valence-corrected chi connectivity index (χ2v) is 3.57. The maximum atomic E-state index is 11.2. The zero-order chi connectivity index (χ0) is 11.4. The maximum Gasteiger partial charge on any atom is 0.331 e. The second kappa shape index (κ2) is 4.74. The first-order valence-corrected chi connectivity index (χ1v) is 4.72.